The van der Waals surface area contributed by atoms with Crippen LogP contribution in [0, 0.1) is 11.7 Å². The van der Waals surface area contributed by atoms with Gasteiger partial charge in [-0.15, -0.1) is 0 Å². The van der Waals surface area contributed by atoms with Gasteiger partial charge in [0.05, 0.1) is 19.8 Å². The van der Waals surface area contributed by atoms with Gasteiger partial charge in [0.15, 0.2) is 0 Å². The quantitative estimate of drug-likeness (QED) is 0.849. The molecule has 24 heavy (non-hydrogen) atoms. The molecule has 0 aliphatic carbocycles. The highest BCUT2D eigenvalue weighted by Crippen LogP contribution is 2.20. The Morgan fingerprint density at radius 2 is 1.88 bits per heavy atom. The summed E-state index contributed by atoms with van der Waals surface area (Å²) in [6.45, 7) is 5.19. The number of hydrogen-bond donors (Lipinski definition) is 0. The summed E-state index contributed by atoms with van der Waals surface area (Å²) in [5, 5.41) is 0. The molecule has 0 aromatic heterocycles. The highest BCUT2D eigenvalue weighted by atomic mass is 19.1. The summed E-state index contributed by atoms with van der Waals surface area (Å²) in [6.07, 6.45) is 5.84. The van der Waals surface area contributed by atoms with Crippen LogP contribution in [-0.4, -0.2) is 61.6 Å². The lowest BCUT2D eigenvalue weighted by Gasteiger charge is -2.33. The zero-order valence-corrected chi connectivity index (χ0v) is 14.0. The molecular formula is C19H25FN2O2. The third-order valence-corrected chi connectivity index (χ3v) is 4.81. The minimum atomic E-state index is -0.188. The molecule has 4 nitrogen and oxygen atoms in total. The Bertz CT molecular complexity index is 576. The lowest BCUT2D eigenvalue weighted by Crippen LogP contribution is -2.46. The lowest BCUT2D eigenvalue weighted by atomic mass is 9.95. The van der Waals surface area contributed by atoms with Crippen LogP contribution in [0.2, 0.25) is 0 Å². The van der Waals surface area contributed by atoms with Gasteiger partial charge < -0.3 is 9.64 Å². The molecule has 1 amide bonds. The molecule has 2 saturated heterocycles. The van der Waals surface area contributed by atoms with Crippen molar-refractivity contribution in [3.05, 3.63) is 41.7 Å². The molecule has 0 radical (unpaired) electrons. The number of carbonyl (C=O) groups excluding carboxylic acids is 1. The zero-order chi connectivity index (χ0) is 16.8. The van der Waals surface area contributed by atoms with Crippen LogP contribution in [0.25, 0.3) is 6.08 Å². The standard InChI is InChI=1S/C19H25FN2O2/c20-18-4-2-1-3-17(18)6-5-16-7-9-22(10-8-16)19(23)15-21-11-13-24-14-12-21/h1-6,16H,7-15H2/b6-5+. The molecule has 0 N–H and O–H groups in total. The van der Waals surface area contributed by atoms with E-state index in [1.165, 1.54) is 6.07 Å². The van der Waals surface area contributed by atoms with E-state index < -0.39 is 0 Å². The first-order valence-electron chi connectivity index (χ1n) is 8.73. The summed E-state index contributed by atoms with van der Waals surface area (Å²) in [6, 6.07) is 6.81. The van der Waals surface area contributed by atoms with Crippen LogP contribution in [0.15, 0.2) is 30.3 Å². The number of rotatable bonds is 4. The molecule has 0 unspecified atom stereocenters. The minimum Gasteiger partial charge on any atom is -0.379 e. The molecular weight excluding hydrogens is 307 g/mol. The fraction of sp³-hybridized carbons (Fsp3) is 0.526. The number of piperidine rings is 1. The van der Waals surface area contributed by atoms with Gasteiger partial charge in [-0.3, -0.25) is 9.69 Å². The highest BCUT2D eigenvalue weighted by Gasteiger charge is 2.23. The average Bonchev–Trinajstić information content (AvgIpc) is 2.62. The molecule has 2 fully saturated rings. The van der Waals surface area contributed by atoms with Crippen LogP contribution in [0.4, 0.5) is 4.39 Å². The summed E-state index contributed by atoms with van der Waals surface area (Å²) in [4.78, 5) is 16.5. The molecule has 5 heteroatoms. The van der Waals surface area contributed by atoms with Crippen LogP contribution in [0.3, 0.4) is 0 Å². The fourth-order valence-corrected chi connectivity index (χ4v) is 3.24. The van der Waals surface area contributed by atoms with E-state index in [0.717, 1.165) is 52.2 Å². The topological polar surface area (TPSA) is 32.8 Å². The number of carbonyl (C=O) groups is 1. The van der Waals surface area contributed by atoms with Crippen molar-refractivity contribution >= 4 is 12.0 Å². The molecule has 2 heterocycles. The molecule has 1 aromatic carbocycles. The molecule has 2 aliphatic rings. The number of allylic oxidation sites excluding steroid dienone is 1. The van der Waals surface area contributed by atoms with E-state index in [-0.39, 0.29) is 11.7 Å². The number of morpholine rings is 1. The molecule has 1 aromatic rings. The number of amides is 1. The van der Waals surface area contributed by atoms with E-state index in [9.17, 15) is 9.18 Å². The predicted octanol–water partition coefficient (Wildman–Crippen LogP) is 2.41. The average molecular weight is 332 g/mol. The van der Waals surface area contributed by atoms with Gasteiger partial charge in [0.1, 0.15) is 5.82 Å². The van der Waals surface area contributed by atoms with Crippen LogP contribution in [-0.2, 0) is 9.53 Å². The van der Waals surface area contributed by atoms with Crippen molar-refractivity contribution in [1.29, 1.82) is 0 Å². The van der Waals surface area contributed by atoms with E-state index in [1.54, 1.807) is 12.1 Å². The van der Waals surface area contributed by atoms with Gasteiger partial charge in [-0.2, -0.15) is 0 Å². The maximum Gasteiger partial charge on any atom is 0.236 e. The van der Waals surface area contributed by atoms with E-state index in [2.05, 4.69) is 11.0 Å². The zero-order valence-electron chi connectivity index (χ0n) is 14.0. The molecule has 0 atom stereocenters. The minimum absolute atomic E-state index is 0.188. The van der Waals surface area contributed by atoms with Gasteiger partial charge in [-0.25, -0.2) is 4.39 Å². The van der Waals surface area contributed by atoms with Crippen molar-refractivity contribution in [1.82, 2.24) is 9.80 Å². The predicted molar refractivity (Wildman–Crippen MR) is 92.0 cm³/mol. The van der Waals surface area contributed by atoms with Crippen molar-refractivity contribution in [2.45, 2.75) is 12.8 Å². The van der Waals surface area contributed by atoms with Crippen molar-refractivity contribution in [2.75, 3.05) is 45.9 Å². The maximum absolute atomic E-state index is 13.6. The van der Waals surface area contributed by atoms with Crippen molar-refractivity contribution in [3.8, 4) is 0 Å². The molecule has 0 bridgehead atoms. The van der Waals surface area contributed by atoms with E-state index in [4.69, 9.17) is 4.74 Å². The second-order valence-electron chi connectivity index (χ2n) is 6.49. The third kappa shape index (κ3) is 4.65. The summed E-state index contributed by atoms with van der Waals surface area (Å²) >= 11 is 0. The Labute approximate surface area is 142 Å². The first kappa shape index (κ1) is 17.1. The number of nitrogens with zero attached hydrogens (tertiary/aromatic N) is 2. The lowest BCUT2D eigenvalue weighted by molar-refractivity contribution is -0.134. The summed E-state index contributed by atoms with van der Waals surface area (Å²) in [5.41, 5.74) is 0.628. The van der Waals surface area contributed by atoms with Crippen LogP contribution >= 0.6 is 0 Å². The molecule has 0 saturated carbocycles. The Morgan fingerprint density at radius 1 is 1.17 bits per heavy atom. The van der Waals surface area contributed by atoms with Gasteiger partial charge in [0, 0.05) is 31.7 Å². The Kier molecular flexibility index (Phi) is 5.99. The highest BCUT2D eigenvalue weighted by molar-refractivity contribution is 5.78. The molecule has 0 spiro atoms. The van der Waals surface area contributed by atoms with Gasteiger partial charge >= 0.3 is 0 Å². The normalized spacial score (nSPS) is 20.6. The largest absolute Gasteiger partial charge is 0.379 e. The number of ether oxygens (including phenoxy) is 1. The van der Waals surface area contributed by atoms with Crippen LogP contribution < -0.4 is 0 Å². The first-order valence-corrected chi connectivity index (χ1v) is 8.73. The van der Waals surface area contributed by atoms with Crippen molar-refractivity contribution < 1.29 is 13.9 Å². The van der Waals surface area contributed by atoms with E-state index >= 15 is 0 Å². The van der Waals surface area contributed by atoms with E-state index in [1.807, 2.05) is 17.0 Å². The number of hydrogen-bond acceptors (Lipinski definition) is 3. The Hall–Kier alpha value is -1.72. The summed E-state index contributed by atoms with van der Waals surface area (Å²) in [7, 11) is 0. The van der Waals surface area contributed by atoms with Gasteiger partial charge in [-0.1, -0.05) is 30.4 Å². The van der Waals surface area contributed by atoms with Crippen LogP contribution in [0.1, 0.15) is 18.4 Å². The second-order valence-corrected chi connectivity index (χ2v) is 6.49. The third-order valence-electron chi connectivity index (χ3n) is 4.81. The SMILES string of the molecule is O=C(CN1CCOCC1)N1CCC(/C=C/c2ccccc2F)CC1. The molecule has 3 rings (SSSR count). The fourth-order valence-electron chi connectivity index (χ4n) is 3.24. The van der Waals surface area contributed by atoms with Crippen molar-refractivity contribution in [2.24, 2.45) is 5.92 Å². The molecule has 130 valence electrons. The first-order chi connectivity index (χ1) is 11.7. The van der Waals surface area contributed by atoms with Gasteiger partial charge in [0.25, 0.3) is 0 Å². The summed E-state index contributed by atoms with van der Waals surface area (Å²) < 4.78 is 18.9. The molecule has 2 aliphatic heterocycles. The van der Waals surface area contributed by atoms with Crippen LogP contribution in [0.5, 0.6) is 0 Å². The maximum atomic E-state index is 13.6. The van der Waals surface area contributed by atoms with Crippen molar-refractivity contribution in [3.63, 3.8) is 0 Å². The number of halogens is 1. The second kappa shape index (κ2) is 8.40. The monoisotopic (exact) mass is 332 g/mol. The summed E-state index contributed by atoms with van der Waals surface area (Å²) in [5.74, 6) is 0.442. The number of benzene rings is 1. The van der Waals surface area contributed by atoms with Gasteiger partial charge in [-0.05, 0) is 24.8 Å². The number of likely N-dealkylation sites (tertiary alicyclic amines) is 1. The van der Waals surface area contributed by atoms with Gasteiger partial charge in [0.2, 0.25) is 5.91 Å². The van der Waals surface area contributed by atoms with E-state index in [0.29, 0.717) is 18.0 Å². The smallest absolute Gasteiger partial charge is 0.236 e. The Balaban J connectivity index is 1.45. The Morgan fingerprint density at radius 3 is 2.58 bits per heavy atom.